The summed E-state index contributed by atoms with van der Waals surface area (Å²) in [6.45, 7) is 0.863. The molecule has 1 aromatic heterocycles. The summed E-state index contributed by atoms with van der Waals surface area (Å²) in [4.78, 5) is 12.7. The normalized spacial score (nSPS) is 16.8. The van der Waals surface area contributed by atoms with Crippen molar-refractivity contribution in [1.82, 2.24) is 4.57 Å². The Bertz CT molecular complexity index is 812. The van der Waals surface area contributed by atoms with Crippen molar-refractivity contribution in [3.8, 4) is 0 Å². The van der Waals surface area contributed by atoms with Crippen LogP contribution >= 0.6 is 0 Å². The van der Waals surface area contributed by atoms with Gasteiger partial charge in [-0.1, -0.05) is 60.7 Å². The molecular weight excluding hydrogens is 298 g/mol. The highest BCUT2D eigenvalue weighted by Gasteiger charge is 2.51. The number of rotatable bonds is 4. The highest BCUT2D eigenvalue weighted by Crippen LogP contribution is 2.49. The molecule has 4 rings (SSSR count). The number of benzene rings is 2. The third-order valence-electron chi connectivity index (χ3n) is 5.20. The van der Waals surface area contributed by atoms with Gasteiger partial charge in [-0.05, 0) is 29.7 Å². The largest absolute Gasteiger partial charge is 0.480 e. The fraction of sp³-hybridized carbons (Fsp3) is 0.190. The number of carboxylic acids is 1. The van der Waals surface area contributed by atoms with Crippen molar-refractivity contribution in [3.63, 3.8) is 0 Å². The first-order valence-corrected chi connectivity index (χ1v) is 8.24. The van der Waals surface area contributed by atoms with Crippen LogP contribution in [0.2, 0.25) is 0 Å². The molecule has 120 valence electrons. The van der Waals surface area contributed by atoms with Crippen LogP contribution in [-0.2, 0) is 16.8 Å². The van der Waals surface area contributed by atoms with Crippen molar-refractivity contribution in [2.75, 3.05) is 0 Å². The van der Waals surface area contributed by atoms with E-state index >= 15 is 0 Å². The maximum absolute atomic E-state index is 12.7. The summed E-state index contributed by atoms with van der Waals surface area (Å²) in [6, 6.07) is 23.4. The van der Waals surface area contributed by atoms with E-state index in [4.69, 9.17) is 0 Å². The zero-order valence-electron chi connectivity index (χ0n) is 13.3. The van der Waals surface area contributed by atoms with Gasteiger partial charge < -0.3 is 9.67 Å². The van der Waals surface area contributed by atoms with E-state index in [9.17, 15) is 9.90 Å². The van der Waals surface area contributed by atoms with Gasteiger partial charge in [0.05, 0.1) is 0 Å². The first kappa shape index (κ1) is 14.8. The molecule has 2 heterocycles. The van der Waals surface area contributed by atoms with Crippen LogP contribution in [0.4, 0.5) is 0 Å². The molecule has 0 bridgehead atoms. The van der Waals surface area contributed by atoms with E-state index in [1.807, 2.05) is 72.9 Å². The van der Waals surface area contributed by atoms with Gasteiger partial charge in [-0.2, -0.15) is 0 Å². The molecule has 3 nitrogen and oxygen atoms in total. The van der Waals surface area contributed by atoms with E-state index in [1.165, 1.54) is 0 Å². The lowest BCUT2D eigenvalue weighted by molar-refractivity contribution is -0.143. The lowest BCUT2D eigenvalue weighted by atomic mass is 9.64. The Balaban J connectivity index is 2.01. The molecule has 1 unspecified atom stereocenters. The third-order valence-corrected chi connectivity index (χ3v) is 5.20. The molecule has 1 aliphatic heterocycles. The quantitative estimate of drug-likeness (QED) is 0.789. The van der Waals surface area contributed by atoms with Crippen molar-refractivity contribution < 1.29 is 9.90 Å². The molecule has 0 spiro atoms. The maximum atomic E-state index is 12.7. The minimum Gasteiger partial charge on any atom is -0.480 e. The van der Waals surface area contributed by atoms with Crippen molar-refractivity contribution in [2.24, 2.45) is 0 Å². The van der Waals surface area contributed by atoms with E-state index in [0.717, 1.165) is 29.8 Å². The molecule has 0 radical (unpaired) electrons. The summed E-state index contributed by atoms with van der Waals surface area (Å²) in [5.41, 5.74) is 1.70. The van der Waals surface area contributed by atoms with Crippen LogP contribution in [0.1, 0.15) is 29.2 Å². The number of aryl methyl sites for hydroxylation is 1. The summed E-state index contributed by atoms with van der Waals surface area (Å²) in [7, 11) is 0. The van der Waals surface area contributed by atoms with Gasteiger partial charge in [0.2, 0.25) is 0 Å². The molecule has 0 fully saturated rings. The van der Waals surface area contributed by atoms with Crippen molar-refractivity contribution in [1.29, 1.82) is 0 Å². The maximum Gasteiger partial charge on any atom is 0.319 e. The van der Waals surface area contributed by atoms with Crippen LogP contribution in [0.3, 0.4) is 0 Å². The Hall–Kier alpha value is -2.81. The predicted molar refractivity (Wildman–Crippen MR) is 93.1 cm³/mol. The SMILES string of the molecule is O=C(O)C(c1ccccc1)(c1ccccc1)C1CCn2cccc21. The Kier molecular flexibility index (Phi) is 3.49. The topological polar surface area (TPSA) is 42.2 Å². The van der Waals surface area contributed by atoms with Crippen LogP contribution in [-0.4, -0.2) is 15.6 Å². The predicted octanol–water partition coefficient (Wildman–Crippen LogP) is 4.05. The summed E-state index contributed by atoms with van der Waals surface area (Å²) in [5.74, 6) is -0.880. The lowest BCUT2D eigenvalue weighted by Crippen LogP contribution is -2.42. The van der Waals surface area contributed by atoms with E-state index < -0.39 is 11.4 Å². The van der Waals surface area contributed by atoms with E-state index in [1.54, 1.807) is 0 Å². The molecule has 1 aliphatic rings. The second-order valence-electron chi connectivity index (χ2n) is 6.31. The van der Waals surface area contributed by atoms with Crippen LogP contribution in [0, 0.1) is 0 Å². The summed E-state index contributed by atoms with van der Waals surface area (Å²) in [5, 5.41) is 10.4. The molecular formula is C21H19NO2. The fourth-order valence-corrected chi connectivity index (χ4v) is 4.17. The number of hydrogen-bond acceptors (Lipinski definition) is 1. The molecule has 0 amide bonds. The van der Waals surface area contributed by atoms with Crippen molar-refractivity contribution in [3.05, 3.63) is 95.8 Å². The van der Waals surface area contributed by atoms with Crippen LogP contribution in [0.25, 0.3) is 0 Å². The summed E-state index contributed by atoms with van der Waals surface area (Å²) < 4.78 is 2.17. The van der Waals surface area contributed by atoms with E-state index in [-0.39, 0.29) is 5.92 Å². The van der Waals surface area contributed by atoms with E-state index in [0.29, 0.717) is 0 Å². The molecule has 0 aliphatic carbocycles. The summed E-state index contributed by atoms with van der Waals surface area (Å²) in [6.07, 6.45) is 2.87. The third kappa shape index (κ3) is 2.01. The number of carboxylic acid groups (broad SMARTS) is 1. The van der Waals surface area contributed by atoms with Gasteiger partial charge in [-0.3, -0.25) is 4.79 Å². The lowest BCUT2D eigenvalue weighted by Gasteiger charge is -2.36. The molecule has 3 aromatic rings. The van der Waals surface area contributed by atoms with Crippen LogP contribution in [0.5, 0.6) is 0 Å². The standard InChI is InChI=1S/C21H19NO2/c23-20(24)21(16-8-3-1-4-9-16,17-10-5-2-6-11-17)18-13-15-22-14-7-12-19(18)22/h1-12,14,18H,13,15H2,(H,23,24). The monoisotopic (exact) mass is 317 g/mol. The van der Waals surface area contributed by atoms with Gasteiger partial charge in [-0.15, -0.1) is 0 Å². The molecule has 0 saturated carbocycles. The van der Waals surface area contributed by atoms with Gasteiger partial charge in [0, 0.05) is 24.4 Å². The molecule has 3 heteroatoms. The number of aromatic nitrogens is 1. The highest BCUT2D eigenvalue weighted by atomic mass is 16.4. The Morgan fingerprint density at radius 3 is 2.04 bits per heavy atom. The summed E-state index contributed by atoms with van der Waals surface area (Å²) >= 11 is 0. The van der Waals surface area contributed by atoms with E-state index in [2.05, 4.69) is 10.6 Å². The Labute approximate surface area is 141 Å². The smallest absolute Gasteiger partial charge is 0.319 e. The fourth-order valence-electron chi connectivity index (χ4n) is 4.17. The van der Waals surface area contributed by atoms with Gasteiger partial charge in [-0.25, -0.2) is 0 Å². The number of fused-ring (bicyclic) bond motifs is 1. The average Bonchev–Trinajstić information content (AvgIpc) is 3.22. The number of carbonyl (C=O) groups is 1. The zero-order valence-corrected chi connectivity index (χ0v) is 13.3. The van der Waals surface area contributed by atoms with Crippen molar-refractivity contribution in [2.45, 2.75) is 24.3 Å². The number of hydrogen-bond donors (Lipinski definition) is 1. The molecule has 1 N–H and O–H groups in total. The minimum absolute atomic E-state index is 0.0881. The first-order valence-electron chi connectivity index (χ1n) is 8.24. The molecule has 24 heavy (non-hydrogen) atoms. The number of aliphatic carboxylic acids is 1. The van der Waals surface area contributed by atoms with Gasteiger partial charge in [0.15, 0.2) is 0 Å². The molecule has 2 aromatic carbocycles. The zero-order chi connectivity index (χ0) is 16.6. The Morgan fingerprint density at radius 1 is 0.917 bits per heavy atom. The molecule has 1 atom stereocenters. The Morgan fingerprint density at radius 2 is 1.50 bits per heavy atom. The average molecular weight is 317 g/mol. The molecule has 0 saturated heterocycles. The second-order valence-corrected chi connectivity index (χ2v) is 6.31. The van der Waals surface area contributed by atoms with Crippen LogP contribution < -0.4 is 0 Å². The van der Waals surface area contributed by atoms with Gasteiger partial charge in [0.1, 0.15) is 5.41 Å². The first-order chi connectivity index (χ1) is 11.7. The number of nitrogens with zero attached hydrogens (tertiary/aromatic N) is 1. The van der Waals surface area contributed by atoms with Gasteiger partial charge >= 0.3 is 5.97 Å². The second kappa shape index (κ2) is 5.68. The highest BCUT2D eigenvalue weighted by molar-refractivity contribution is 5.87. The van der Waals surface area contributed by atoms with Gasteiger partial charge in [0.25, 0.3) is 0 Å². The minimum atomic E-state index is -1.07. The van der Waals surface area contributed by atoms with Crippen LogP contribution in [0.15, 0.2) is 79.0 Å². The van der Waals surface area contributed by atoms with Crippen molar-refractivity contribution >= 4 is 5.97 Å².